The summed E-state index contributed by atoms with van der Waals surface area (Å²) in [7, 11) is 0. The van der Waals surface area contributed by atoms with Crippen LogP contribution in [0.25, 0.3) is 5.69 Å². The summed E-state index contributed by atoms with van der Waals surface area (Å²) in [5.74, 6) is 1.09. The predicted octanol–water partition coefficient (Wildman–Crippen LogP) is 4.29. The molecule has 1 aliphatic heterocycles. The molecule has 6 heteroatoms. The summed E-state index contributed by atoms with van der Waals surface area (Å²) in [6.07, 6.45) is 3.86. The molecule has 6 nitrogen and oxygen atoms in total. The normalized spacial score (nSPS) is 16.8. The fourth-order valence-electron chi connectivity index (χ4n) is 3.81. The van der Waals surface area contributed by atoms with Crippen molar-refractivity contribution in [3.8, 4) is 5.69 Å². The second-order valence-electron chi connectivity index (χ2n) is 7.41. The number of rotatable bonds is 4. The van der Waals surface area contributed by atoms with E-state index in [1.54, 1.807) is 17.9 Å². The first-order valence-corrected chi connectivity index (χ1v) is 9.70. The number of hydrogen-bond donors (Lipinski definition) is 1. The van der Waals surface area contributed by atoms with Gasteiger partial charge in [-0.3, -0.25) is 4.79 Å². The number of aryl methyl sites for hydroxylation is 1. The quantitative estimate of drug-likeness (QED) is 0.737. The van der Waals surface area contributed by atoms with Gasteiger partial charge in [0.05, 0.1) is 5.69 Å². The second-order valence-corrected chi connectivity index (χ2v) is 7.41. The summed E-state index contributed by atoms with van der Waals surface area (Å²) < 4.78 is 1.75. The predicted molar refractivity (Wildman–Crippen MR) is 112 cm³/mol. The Labute approximate surface area is 166 Å². The van der Waals surface area contributed by atoms with Gasteiger partial charge in [-0.05, 0) is 55.2 Å². The van der Waals surface area contributed by atoms with Crippen LogP contribution >= 0.6 is 0 Å². The van der Waals surface area contributed by atoms with Crippen LogP contribution < -0.4 is 5.32 Å². The van der Waals surface area contributed by atoms with Crippen LogP contribution in [-0.2, 0) is 4.79 Å². The van der Waals surface area contributed by atoms with E-state index in [1.165, 1.54) is 11.1 Å². The van der Waals surface area contributed by atoms with E-state index in [1.807, 2.05) is 35.2 Å². The number of para-hydroxylation sites is 1. The first-order chi connectivity index (χ1) is 13.6. The Balaban J connectivity index is 0.00000240. The largest absolute Gasteiger partial charge is 0.342 e. The Bertz CT molecular complexity index is 972. The molecule has 1 N–H and O–H groups in total. The summed E-state index contributed by atoms with van der Waals surface area (Å²) in [5, 5.41) is 7.85. The molecular formula is C22H27N5O. The van der Waals surface area contributed by atoms with Crippen LogP contribution in [0.2, 0.25) is 0 Å². The molecule has 1 unspecified atom stereocenters. The number of carbonyl (C=O) groups is 1. The first-order valence-electron chi connectivity index (χ1n) is 9.70. The minimum atomic E-state index is 0. The van der Waals surface area contributed by atoms with Gasteiger partial charge in [0.25, 0.3) is 0 Å². The molecule has 1 fully saturated rings. The van der Waals surface area contributed by atoms with Crippen molar-refractivity contribution in [2.75, 3.05) is 18.4 Å². The van der Waals surface area contributed by atoms with Gasteiger partial charge in [0.15, 0.2) is 0 Å². The van der Waals surface area contributed by atoms with Crippen molar-refractivity contribution in [3.63, 3.8) is 0 Å². The Morgan fingerprint density at radius 3 is 2.82 bits per heavy atom. The Kier molecular flexibility index (Phi) is 5.10. The van der Waals surface area contributed by atoms with Gasteiger partial charge in [-0.2, -0.15) is 4.98 Å². The molecule has 3 aromatic rings. The van der Waals surface area contributed by atoms with Gasteiger partial charge >= 0.3 is 0 Å². The maximum atomic E-state index is 11.8. The molecule has 1 amide bonds. The third-order valence-corrected chi connectivity index (χ3v) is 5.21. The van der Waals surface area contributed by atoms with Crippen molar-refractivity contribution in [2.24, 2.45) is 0 Å². The van der Waals surface area contributed by atoms with Crippen LogP contribution in [0.1, 0.15) is 38.2 Å². The zero-order chi connectivity index (χ0) is 19.5. The molecule has 1 aliphatic rings. The third kappa shape index (κ3) is 4.06. The van der Waals surface area contributed by atoms with Crippen LogP contribution in [0.3, 0.4) is 0 Å². The van der Waals surface area contributed by atoms with Gasteiger partial charge in [0, 0.05) is 33.0 Å². The fraction of sp³-hybridized carbons (Fsp3) is 0.318. The van der Waals surface area contributed by atoms with E-state index in [0.717, 1.165) is 37.3 Å². The molecule has 2 heterocycles. The number of likely N-dealkylation sites (tertiary alicyclic amines) is 1. The number of nitrogens with one attached hydrogen (secondary N) is 1. The lowest BCUT2D eigenvalue weighted by Gasteiger charge is -2.32. The minimum absolute atomic E-state index is 0. The fourth-order valence-corrected chi connectivity index (χ4v) is 3.81. The highest BCUT2D eigenvalue weighted by Gasteiger charge is 2.23. The van der Waals surface area contributed by atoms with Crippen molar-refractivity contribution in [1.29, 1.82) is 0 Å². The van der Waals surface area contributed by atoms with Crippen LogP contribution in [0.15, 0.2) is 54.9 Å². The highest BCUT2D eigenvalue weighted by molar-refractivity contribution is 5.73. The van der Waals surface area contributed by atoms with E-state index in [-0.39, 0.29) is 7.33 Å². The third-order valence-electron chi connectivity index (χ3n) is 5.21. The zero-order valence-electron chi connectivity index (χ0n) is 16.3. The lowest BCUT2D eigenvalue weighted by atomic mass is 9.89. The maximum absolute atomic E-state index is 11.8. The van der Waals surface area contributed by atoms with E-state index < -0.39 is 0 Å². The monoisotopic (exact) mass is 377 g/mol. The van der Waals surface area contributed by atoms with Crippen molar-refractivity contribution in [2.45, 2.75) is 32.6 Å². The number of anilines is 2. The molecule has 0 bridgehead atoms. The lowest BCUT2D eigenvalue weighted by Crippen LogP contribution is -2.37. The minimum Gasteiger partial charge on any atom is -0.342 e. The molecule has 1 aromatic heterocycles. The van der Waals surface area contributed by atoms with Crippen LogP contribution in [-0.4, -0.2) is 38.7 Å². The SMILES string of the molecule is CC(=O)N1CCCC(c2cc(C)cc(Nc3ncn(-c4ccccc4)n3)c2)C1.[HH]. The summed E-state index contributed by atoms with van der Waals surface area (Å²) >= 11 is 0. The Morgan fingerprint density at radius 1 is 1.21 bits per heavy atom. The summed E-state index contributed by atoms with van der Waals surface area (Å²) in [4.78, 5) is 18.1. The number of aromatic nitrogens is 3. The lowest BCUT2D eigenvalue weighted by molar-refractivity contribution is -0.130. The molecule has 1 saturated heterocycles. The van der Waals surface area contributed by atoms with E-state index in [4.69, 9.17) is 0 Å². The van der Waals surface area contributed by atoms with Crippen LogP contribution in [0.5, 0.6) is 0 Å². The summed E-state index contributed by atoms with van der Waals surface area (Å²) in [5.41, 5.74) is 4.39. The molecule has 0 spiro atoms. The van der Waals surface area contributed by atoms with E-state index in [9.17, 15) is 4.79 Å². The summed E-state index contributed by atoms with van der Waals surface area (Å²) in [6, 6.07) is 16.4. The number of piperidine rings is 1. The van der Waals surface area contributed by atoms with Crippen molar-refractivity contribution < 1.29 is 6.22 Å². The zero-order valence-corrected chi connectivity index (χ0v) is 16.3. The van der Waals surface area contributed by atoms with Gasteiger partial charge < -0.3 is 10.2 Å². The molecule has 146 valence electrons. The molecule has 0 aliphatic carbocycles. The molecule has 0 radical (unpaired) electrons. The molecular weight excluding hydrogens is 350 g/mol. The standard InChI is InChI=1S/C22H25N5O.H2/c1-16-11-19(18-7-6-10-26(14-18)17(2)28)13-20(12-16)24-22-23-15-27(25-22)21-8-4-3-5-9-21;/h3-5,8-9,11-13,15,18H,6-7,10,14H2,1-2H3,(H,24,25);1H. The van der Waals surface area contributed by atoms with Gasteiger partial charge in [0.2, 0.25) is 11.9 Å². The molecule has 1 atom stereocenters. The second kappa shape index (κ2) is 7.84. The molecule has 28 heavy (non-hydrogen) atoms. The number of carbonyl (C=O) groups excluding carboxylic acids is 1. The van der Waals surface area contributed by atoms with E-state index in [2.05, 4.69) is 40.5 Å². The first kappa shape index (κ1) is 18.2. The van der Waals surface area contributed by atoms with Gasteiger partial charge in [-0.1, -0.05) is 24.3 Å². The van der Waals surface area contributed by atoms with Gasteiger partial charge in [0.1, 0.15) is 6.33 Å². The number of hydrogen-bond acceptors (Lipinski definition) is 4. The smallest absolute Gasteiger partial charge is 0.246 e. The van der Waals surface area contributed by atoms with E-state index >= 15 is 0 Å². The maximum Gasteiger partial charge on any atom is 0.246 e. The highest BCUT2D eigenvalue weighted by atomic mass is 16.2. The topological polar surface area (TPSA) is 63.1 Å². The van der Waals surface area contributed by atoms with Crippen molar-refractivity contribution in [1.82, 2.24) is 19.7 Å². The average molecular weight is 377 g/mol. The number of amides is 1. The Hall–Kier alpha value is -3.15. The van der Waals surface area contributed by atoms with Crippen LogP contribution in [0.4, 0.5) is 11.6 Å². The number of benzene rings is 2. The Morgan fingerprint density at radius 2 is 2.04 bits per heavy atom. The molecule has 4 rings (SSSR count). The van der Waals surface area contributed by atoms with Crippen molar-refractivity contribution >= 4 is 17.5 Å². The van der Waals surface area contributed by atoms with Crippen molar-refractivity contribution in [3.05, 3.63) is 66.0 Å². The number of nitrogens with zero attached hydrogens (tertiary/aromatic N) is 4. The average Bonchev–Trinajstić information content (AvgIpc) is 3.17. The molecule has 2 aromatic carbocycles. The van der Waals surface area contributed by atoms with Crippen LogP contribution in [0, 0.1) is 6.92 Å². The van der Waals surface area contributed by atoms with Gasteiger partial charge in [-0.25, -0.2) is 4.68 Å². The highest BCUT2D eigenvalue weighted by Crippen LogP contribution is 2.30. The summed E-state index contributed by atoms with van der Waals surface area (Å²) in [6.45, 7) is 5.40. The molecule has 0 saturated carbocycles. The van der Waals surface area contributed by atoms with E-state index in [0.29, 0.717) is 11.9 Å². The van der Waals surface area contributed by atoms with Gasteiger partial charge in [-0.15, -0.1) is 5.10 Å².